The van der Waals surface area contributed by atoms with Gasteiger partial charge in [0.15, 0.2) is 5.96 Å². The smallest absolute Gasteiger partial charge is 0.191 e. The minimum Gasteiger partial charge on any atom is -0.370 e. The number of aliphatic imine (C=N–C) groups is 1. The molecular weight excluding hydrogens is 316 g/mol. The van der Waals surface area contributed by atoms with Crippen molar-refractivity contribution in [3.8, 4) is 0 Å². The van der Waals surface area contributed by atoms with E-state index in [4.69, 9.17) is 17.3 Å². The predicted molar refractivity (Wildman–Crippen MR) is 97.2 cm³/mol. The molecule has 1 atom stereocenters. The van der Waals surface area contributed by atoms with E-state index in [1.165, 1.54) is 24.3 Å². The van der Waals surface area contributed by atoms with E-state index in [2.05, 4.69) is 26.9 Å². The van der Waals surface area contributed by atoms with Crippen LogP contribution in [0.1, 0.15) is 12.8 Å². The van der Waals surface area contributed by atoms with E-state index in [9.17, 15) is 0 Å². The fraction of sp³-hybridized carbons (Fsp3) is 0.562. The molecule has 1 unspecified atom stereocenters. The number of thioether (sulfide) groups is 1. The summed E-state index contributed by atoms with van der Waals surface area (Å²) in [6.07, 6.45) is 2.61. The van der Waals surface area contributed by atoms with Crippen molar-refractivity contribution in [2.24, 2.45) is 10.7 Å². The van der Waals surface area contributed by atoms with Crippen molar-refractivity contribution in [3.05, 3.63) is 29.3 Å². The molecular formula is C16H23ClN4S. The van der Waals surface area contributed by atoms with Gasteiger partial charge in [0.25, 0.3) is 0 Å². The highest BCUT2D eigenvalue weighted by Crippen LogP contribution is 2.26. The second kappa shape index (κ2) is 7.47. The van der Waals surface area contributed by atoms with Crippen molar-refractivity contribution in [1.29, 1.82) is 0 Å². The maximum Gasteiger partial charge on any atom is 0.191 e. The van der Waals surface area contributed by atoms with E-state index in [0.29, 0.717) is 11.2 Å². The summed E-state index contributed by atoms with van der Waals surface area (Å²) in [6, 6.07) is 8.04. The zero-order valence-corrected chi connectivity index (χ0v) is 14.3. The maximum absolute atomic E-state index is 6.16. The number of piperazine rings is 1. The zero-order chi connectivity index (χ0) is 15.4. The number of benzene rings is 1. The van der Waals surface area contributed by atoms with Crippen LogP contribution in [0.3, 0.4) is 0 Å². The van der Waals surface area contributed by atoms with Crippen LogP contribution in [0, 0.1) is 0 Å². The highest BCUT2D eigenvalue weighted by Gasteiger charge is 2.19. The van der Waals surface area contributed by atoms with Gasteiger partial charge in [-0.2, -0.15) is 11.8 Å². The molecule has 120 valence electrons. The third-order valence-corrected chi connectivity index (χ3v) is 5.91. The van der Waals surface area contributed by atoms with Gasteiger partial charge in [0, 0.05) is 42.1 Å². The van der Waals surface area contributed by atoms with Crippen LogP contribution in [0.2, 0.25) is 5.02 Å². The molecule has 2 aliphatic rings. The number of hydrogen-bond acceptors (Lipinski definition) is 3. The molecule has 6 heteroatoms. The van der Waals surface area contributed by atoms with Crippen LogP contribution in [0.4, 0.5) is 5.69 Å². The number of nitrogens with two attached hydrogens (primary N) is 1. The van der Waals surface area contributed by atoms with E-state index in [0.717, 1.165) is 37.7 Å². The maximum atomic E-state index is 6.16. The lowest BCUT2D eigenvalue weighted by atomic mass is 10.2. The molecule has 2 aliphatic heterocycles. The predicted octanol–water partition coefficient (Wildman–Crippen LogP) is 2.67. The Bertz CT molecular complexity index is 505. The number of anilines is 1. The van der Waals surface area contributed by atoms with E-state index >= 15 is 0 Å². The van der Waals surface area contributed by atoms with Crippen molar-refractivity contribution in [1.82, 2.24) is 4.90 Å². The average Bonchev–Trinajstić information content (AvgIpc) is 3.07. The van der Waals surface area contributed by atoms with Crippen LogP contribution >= 0.6 is 23.4 Å². The summed E-state index contributed by atoms with van der Waals surface area (Å²) in [6.45, 7) is 4.66. The molecule has 2 saturated heterocycles. The third kappa shape index (κ3) is 4.02. The zero-order valence-electron chi connectivity index (χ0n) is 12.7. The Morgan fingerprint density at radius 2 is 1.95 bits per heavy atom. The lowest BCUT2D eigenvalue weighted by Crippen LogP contribution is -2.51. The molecule has 0 aliphatic carbocycles. The quantitative estimate of drug-likeness (QED) is 0.680. The highest BCUT2D eigenvalue weighted by atomic mass is 35.5. The van der Waals surface area contributed by atoms with Crippen molar-refractivity contribution in [3.63, 3.8) is 0 Å². The minimum absolute atomic E-state index is 0.675. The molecule has 0 spiro atoms. The number of hydrogen-bond donors (Lipinski definition) is 1. The normalized spacial score (nSPS) is 23.1. The Morgan fingerprint density at radius 1 is 1.23 bits per heavy atom. The van der Waals surface area contributed by atoms with Crippen LogP contribution in [0.15, 0.2) is 29.3 Å². The summed E-state index contributed by atoms with van der Waals surface area (Å²) in [7, 11) is 0. The molecule has 1 aromatic carbocycles. The van der Waals surface area contributed by atoms with Crippen LogP contribution in [0.25, 0.3) is 0 Å². The summed E-state index contributed by atoms with van der Waals surface area (Å²) in [4.78, 5) is 9.17. The van der Waals surface area contributed by atoms with Crippen LogP contribution < -0.4 is 10.6 Å². The van der Waals surface area contributed by atoms with Gasteiger partial charge < -0.3 is 15.5 Å². The molecule has 2 heterocycles. The van der Waals surface area contributed by atoms with Crippen LogP contribution in [0.5, 0.6) is 0 Å². The summed E-state index contributed by atoms with van der Waals surface area (Å²) in [5, 5.41) is 1.46. The Hall–Kier alpha value is -1.07. The molecule has 0 amide bonds. The third-order valence-electron chi connectivity index (χ3n) is 4.28. The molecule has 2 fully saturated rings. The first-order chi connectivity index (χ1) is 10.7. The van der Waals surface area contributed by atoms with E-state index < -0.39 is 0 Å². The van der Waals surface area contributed by atoms with Crippen molar-refractivity contribution < 1.29 is 0 Å². The van der Waals surface area contributed by atoms with Gasteiger partial charge in [0.2, 0.25) is 0 Å². The standard InChI is InChI=1S/C16H23ClN4S/c17-13-3-5-14(6-4-13)20-7-9-21(10-8-20)16(18)19-12-15-2-1-11-22-15/h3-6,15H,1-2,7-12H2,(H2,18,19). The van der Waals surface area contributed by atoms with E-state index in [-0.39, 0.29) is 0 Å². The first-order valence-corrected chi connectivity index (χ1v) is 9.32. The Balaban J connectivity index is 1.50. The molecule has 3 rings (SSSR count). The SMILES string of the molecule is NC(=NCC1CCCS1)N1CCN(c2ccc(Cl)cc2)CC1. The monoisotopic (exact) mass is 338 g/mol. The van der Waals surface area contributed by atoms with Gasteiger partial charge >= 0.3 is 0 Å². The number of halogens is 1. The molecule has 0 radical (unpaired) electrons. The first-order valence-electron chi connectivity index (χ1n) is 7.89. The van der Waals surface area contributed by atoms with Crippen molar-refractivity contribution in [2.75, 3.05) is 43.4 Å². The fourth-order valence-corrected chi connectivity index (χ4v) is 4.24. The van der Waals surface area contributed by atoms with Gasteiger partial charge in [-0.15, -0.1) is 0 Å². The van der Waals surface area contributed by atoms with Gasteiger partial charge in [0.05, 0.1) is 6.54 Å². The van der Waals surface area contributed by atoms with Gasteiger partial charge in [-0.3, -0.25) is 4.99 Å². The average molecular weight is 339 g/mol. The van der Waals surface area contributed by atoms with Gasteiger partial charge in [-0.1, -0.05) is 11.6 Å². The highest BCUT2D eigenvalue weighted by molar-refractivity contribution is 8.00. The number of rotatable bonds is 3. The van der Waals surface area contributed by atoms with E-state index in [1.807, 2.05) is 23.9 Å². The molecule has 22 heavy (non-hydrogen) atoms. The molecule has 1 aromatic rings. The van der Waals surface area contributed by atoms with Crippen molar-refractivity contribution >= 4 is 35.0 Å². The van der Waals surface area contributed by atoms with Gasteiger partial charge in [0.1, 0.15) is 0 Å². The molecule has 2 N–H and O–H groups in total. The largest absolute Gasteiger partial charge is 0.370 e. The Labute approximate surface area is 141 Å². The number of guanidine groups is 1. The summed E-state index contributed by atoms with van der Waals surface area (Å²) < 4.78 is 0. The van der Waals surface area contributed by atoms with Gasteiger partial charge in [-0.25, -0.2) is 0 Å². The first kappa shape index (κ1) is 15.8. The molecule has 0 aromatic heterocycles. The molecule has 0 saturated carbocycles. The Kier molecular flexibility index (Phi) is 5.37. The second-order valence-electron chi connectivity index (χ2n) is 5.78. The number of nitrogens with zero attached hydrogens (tertiary/aromatic N) is 3. The summed E-state index contributed by atoms with van der Waals surface area (Å²) >= 11 is 7.97. The summed E-state index contributed by atoms with van der Waals surface area (Å²) in [5.41, 5.74) is 7.39. The van der Waals surface area contributed by atoms with E-state index in [1.54, 1.807) is 0 Å². The fourth-order valence-electron chi connectivity index (χ4n) is 2.93. The van der Waals surface area contributed by atoms with Crippen LogP contribution in [-0.2, 0) is 0 Å². The van der Waals surface area contributed by atoms with Crippen LogP contribution in [-0.4, -0.2) is 54.6 Å². The van der Waals surface area contributed by atoms with Crippen molar-refractivity contribution in [2.45, 2.75) is 18.1 Å². The summed E-state index contributed by atoms with van der Waals surface area (Å²) in [5.74, 6) is 1.99. The molecule has 4 nitrogen and oxygen atoms in total. The second-order valence-corrected chi connectivity index (χ2v) is 7.63. The van der Waals surface area contributed by atoms with Gasteiger partial charge in [-0.05, 0) is 42.9 Å². The lowest BCUT2D eigenvalue weighted by molar-refractivity contribution is 0.381. The minimum atomic E-state index is 0.675. The Morgan fingerprint density at radius 3 is 2.59 bits per heavy atom. The topological polar surface area (TPSA) is 44.9 Å². The lowest BCUT2D eigenvalue weighted by Gasteiger charge is -2.36. The molecule has 0 bridgehead atoms.